The summed E-state index contributed by atoms with van der Waals surface area (Å²) in [6.45, 7) is 6.37. The van der Waals surface area contributed by atoms with Gasteiger partial charge in [0.15, 0.2) is 0 Å². The lowest BCUT2D eigenvalue weighted by Crippen LogP contribution is -1.87. The highest BCUT2D eigenvalue weighted by Gasteiger charge is 1.95. The molecule has 1 nitrogen and oxygen atoms in total. The Kier molecular flexibility index (Phi) is 7.42. The Bertz CT molecular complexity index is 472. The largest absolute Gasteiger partial charge is 0.261 e. The van der Waals surface area contributed by atoms with Crippen LogP contribution in [0.3, 0.4) is 0 Å². The average Bonchev–Trinajstić information content (AvgIpc) is 2.41. The minimum atomic E-state index is 0.769. The van der Waals surface area contributed by atoms with E-state index in [0.29, 0.717) is 0 Å². The quantitative estimate of drug-likeness (QED) is 0.592. The van der Waals surface area contributed by atoms with Crippen LogP contribution in [0.4, 0.5) is 5.69 Å². The molecule has 2 rings (SSSR count). The molecule has 1 aromatic rings. The number of aliphatic imine (C=N–C) groups is 1. The Morgan fingerprint density at radius 1 is 1.37 bits per heavy atom. The number of halogens is 1. The Morgan fingerprint density at radius 2 is 2.16 bits per heavy atom. The molecule has 0 saturated heterocycles. The minimum absolute atomic E-state index is 0.769. The first-order valence-electron chi connectivity index (χ1n) is 6.75. The van der Waals surface area contributed by atoms with Crippen LogP contribution in [0, 0.1) is 12.8 Å². The van der Waals surface area contributed by atoms with E-state index in [0.717, 1.165) is 22.5 Å². The third kappa shape index (κ3) is 6.53. The van der Waals surface area contributed by atoms with Crippen molar-refractivity contribution < 1.29 is 0 Å². The monoisotopic (exact) mass is 319 g/mol. The number of nitrogens with zero attached hydrogens (tertiary/aromatic N) is 1. The molecule has 0 aliphatic heterocycles. The van der Waals surface area contributed by atoms with E-state index in [2.05, 4.69) is 72.1 Å². The Balaban J connectivity index is 0.000000218. The van der Waals surface area contributed by atoms with E-state index in [1.54, 1.807) is 0 Å². The van der Waals surface area contributed by atoms with Gasteiger partial charge in [0.1, 0.15) is 0 Å². The molecular formula is C17H22BrN. The van der Waals surface area contributed by atoms with Crippen molar-refractivity contribution in [2.24, 2.45) is 10.9 Å². The predicted octanol–water partition coefficient (Wildman–Crippen LogP) is 6.01. The second-order valence-corrected chi connectivity index (χ2v) is 5.59. The number of hydrogen-bond donors (Lipinski definition) is 0. The highest BCUT2D eigenvalue weighted by molar-refractivity contribution is 9.10. The van der Waals surface area contributed by atoms with Crippen molar-refractivity contribution in [2.75, 3.05) is 0 Å². The second-order valence-electron chi connectivity index (χ2n) is 4.68. The summed E-state index contributed by atoms with van der Waals surface area (Å²) >= 11 is 3.41. The zero-order valence-electron chi connectivity index (χ0n) is 11.9. The molecule has 102 valence electrons. The van der Waals surface area contributed by atoms with E-state index < -0.39 is 0 Å². The van der Waals surface area contributed by atoms with Crippen molar-refractivity contribution in [2.45, 2.75) is 33.6 Å². The third-order valence-electron chi connectivity index (χ3n) is 2.78. The van der Waals surface area contributed by atoms with Gasteiger partial charge in [0, 0.05) is 10.7 Å². The maximum Gasteiger partial charge on any atom is 0.0666 e. The summed E-state index contributed by atoms with van der Waals surface area (Å²) < 4.78 is 1.08. The number of benzene rings is 1. The second kappa shape index (κ2) is 8.87. The molecule has 0 fully saturated rings. The third-order valence-corrected chi connectivity index (χ3v) is 3.27. The fourth-order valence-corrected chi connectivity index (χ4v) is 1.96. The maximum atomic E-state index is 4.33. The summed E-state index contributed by atoms with van der Waals surface area (Å²) in [5.74, 6) is 0.769. The molecule has 0 spiro atoms. The lowest BCUT2D eigenvalue weighted by Gasteiger charge is -2.02. The van der Waals surface area contributed by atoms with Gasteiger partial charge in [0.2, 0.25) is 0 Å². The molecule has 0 aromatic heterocycles. The maximum absolute atomic E-state index is 4.33. The molecule has 0 amide bonds. The van der Waals surface area contributed by atoms with Gasteiger partial charge in [-0.2, -0.15) is 0 Å². The zero-order chi connectivity index (χ0) is 14.1. The van der Waals surface area contributed by atoms with Crippen LogP contribution < -0.4 is 0 Å². The summed E-state index contributed by atoms with van der Waals surface area (Å²) in [5, 5.41) is 0. The fraction of sp³-hybridized carbons (Fsp3) is 0.353. The van der Waals surface area contributed by atoms with Crippen molar-refractivity contribution >= 4 is 27.8 Å². The standard InChI is InChI=1S/C10H12BrN.C7H10/c1-3-6-12-10-7-9(11)5-4-8(10)2;1-7-5-3-2-4-6-7/h4-7H,3H2,1-2H3;2-5,7H,6H2,1H3. The van der Waals surface area contributed by atoms with Crippen molar-refractivity contribution in [3.05, 3.63) is 52.5 Å². The van der Waals surface area contributed by atoms with Crippen LogP contribution in [-0.2, 0) is 0 Å². The van der Waals surface area contributed by atoms with Crippen molar-refractivity contribution in [1.82, 2.24) is 0 Å². The van der Waals surface area contributed by atoms with Gasteiger partial charge in [-0.05, 0) is 43.4 Å². The molecule has 2 heteroatoms. The van der Waals surface area contributed by atoms with Crippen LogP contribution in [0.25, 0.3) is 0 Å². The molecule has 0 bridgehead atoms. The van der Waals surface area contributed by atoms with Gasteiger partial charge in [-0.15, -0.1) is 0 Å². The molecule has 1 aromatic carbocycles. The highest BCUT2D eigenvalue weighted by atomic mass is 79.9. The molecule has 0 heterocycles. The number of hydrogen-bond acceptors (Lipinski definition) is 1. The van der Waals surface area contributed by atoms with Crippen LogP contribution in [0.1, 0.15) is 32.3 Å². The van der Waals surface area contributed by atoms with Gasteiger partial charge in [-0.3, -0.25) is 4.99 Å². The van der Waals surface area contributed by atoms with E-state index in [1.807, 2.05) is 18.3 Å². The molecule has 1 atom stereocenters. The molecule has 1 unspecified atom stereocenters. The normalized spacial score (nSPS) is 17.4. The van der Waals surface area contributed by atoms with Crippen LogP contribution in [0.15, 0.2) is 52.0 Å². The topological polar surface area (TPSA) is 12.4 Å². The summed E-state index contributed by atoms with van der Waals surface area (Å²) in [6, 6.07) is 6.12. The van der Waals surface area contributed by atoms with Crippen LogP contribution in [-0.4, -0.2) is 6.21 Å². The average molecular weight is 320 g/mol. The SMILES string of the molecule is CC1C=CC=CC1.CCC=Nc1cc(Br)ccc1C. The van der Waals surface area contributed by atoms with E-state index in [4.69, 9.17) is 0 Å². The van der Waals surface area contributed by atoms with Crippen molar-refractivity contribution in [3.63, 3.8) is 0 Å². The van der Waals surface area contributed by atoms with E-state index in [-0.39, 0.29) is 0 Å². The lowest BCUT2D eigenvalue weighted by atomic mass is 10.0. The summed E-state index contributed by atoms with van der Waals surface area (Å²) in [4.78, 5) is 4.33. The predicted molar refractivity (Wildman–Crippen MR) is 89.4 cm³/mol. The molecule has 0 radical (unpaired) electrons. The van der Waals surface area contributed by atoms with E-state index >= 15 is 0 Å². The van der Waals surface area contributed by atoms with Gasteiger partial charge < -0.3 is 0 Å². The summed E-state index contributed by atoms with van der Waals surface area (Å²) in [6.07, 6.45) is 12.7. The van der Waals surface area contributed by atoms with Gasteiger partial charge >= 0.3 is 0 Å². The molecule has 1 aliphatic rings. The molecular weight excluding hydrogens is 298 g/mol. The first-order valence-corrected chi connectivity index (χ1v) is 7.54. The molecule has 0 N–H and O–H groups in total. The zero-order valence-corrected chi connectivity index (χ0v) is 13.5. The highest BCUT2D eigenvalue weighted by Crippen LogP contribution is 2.22. The Hall–Kier alpha value is -1.15. The minimum Gasteiger partial charge on any atom is -0.261 e. The van der Waals surface area contributed by atoms with Crippen LogP contribution in [0.2, 0.25) is 0 Å². The Labute approximate surface area is 125 Å². The van der Waals surface area contributed by atoms with E-state index in [9.17, 15) is 0 Å². The van der Waals surface area contributed by atoms with E-state index in [1.165, 1.54) is 12.0 Å². The molecule has 19 heavy (non-hydrogen) atoms. The van der Waals surface area contributed by atoms with Gasteiger partial charge in [-0.25, -0.2) is 0 Å². The molecule has 1 aliphatic carbocycles. The number of rotatable bonds is 2. The summed E-state index contributed by atoms with van der Waals surface area (Å²) in [5.41, 5.74) is 2.26. The first-order chi connectivity index (χ1) is 9.13. The van der Waals surface area contributed by atoms with Gasteiger partial charge in [0.05, 0.1) is 5.69 Å². The van der Waals surface area contributed by atoms with Gasteiger partial charge in [0.25, 0.3) is 0 Å². The van der Waals surface area contributed by atoms with Crippen LogP contribution in [0.5, 0.6) is 0 Å². The fourth-order valence-electron chi connectivity index (χ4n) is 1.62. The van der Waals surface area contributed by atoms with Gasteiger partial charge in [-0.1, -0.05) is 60.1 Å². The van der Waals surface area contributed by atoms with Crippen LogP contribution >= 0.6 is 15.9 Å². The Morgan fingerprint density at radius 3 is 2.68 bits per heavy atom. The smallest absolute Gasteiger partial charge is 0.0666 e. The number of aryl methyl sites for hydroxylation is 1. The summed E-state index contributed by atoms with van der Waals surface area (Å²) in [7, 11) is 0. The first kappa shape index (κ1) is 15.9. The lowest BCUT2D eigenvalue weighted by molar-refractivity contribution is 0.737. The van der Waals surface area contributed by atoms with Crippen molar-refractivity contribution in [1.29, 1.82) is 0 Å². The molecule has 0 saturated carbocycles. The van der Waals surface area contributed by atoms with Crippen molar-refractivity contribution in [3.8, 4) is 0 Å². The number of allylic oxidation sites excluding steroid dienone is 4.